The zero-order chi connectivity index (χ0) is 9.28. The molecule has 0 saturated carbocycles. The van der Waals surface area contributed by atoms with E-state index >= 15 is 0 Å². The highest BCUT2D eigenvalue weighted by atomic mass is 35.7. The van der Waals surface area contributed by atoms with Gasteiger partial charge in [-0.2, -0.15) is 0 Å². The fraction of sp³-hybridized carbons (Fsp3) is 1.00. The summed E-state index contributed by atoms with van der Waals surface area (Å²) in [6, 6.07) is 0. The molecule has 11 heavy (non-hydrogen) atoms. The van der Waals surface area contributed by atoms with Crippen molar-refractivity contribution in [2.45, 2.75) is 31.7 Å². The largest absolute Gasteiger partial charge is 0.374 e. The van der Waals surface area contributed by atoms with Crippen LogP contribution in [0, 0.1) is 5.41 Å². The molecule has 1 unspecified atom stereocenters. The van der Waals surface area contributed by atoms with Crippen molar-refractivity contribution in [3.63, 3.8) is 0 Å². The monoisotopic (exact) mass is 194 g/mol. The molecule has 0 aliphatic rings. The van der Waals surface area contributed by atoms with Gasteiger partial charge < -0.3 is 10.2 Å². The lowest BCUT2D eigenvalue weighted by Crippen LogP contribution is -2.47. The average molecular weight is 194 g/mol. The summed E-state index contributed by atoms with van der Waals surface area (Å²) in [7, 11) is 11.4. The van der Waals surface area contributed by atoms with E-state index in [2.05, 4.69) is 0 Å². The van der Waals surface area contributed by atoms with Crippen LogP contribution in [0.15, 0.2) is 0 Å². The molecule has 0 aliphatic heterocycles. The van der Waals surface area contributed by atoms with Crippen molar-refractivity contribution in [3.05, 3.63) is 0 Å². The van der Waals surface area contributed by atoms with Gasteiger partial charge in [0.1, 0.15) is 5.69 Å². The van der Waals surface area contributed by atoms with Crippen molar-refractivity contribution in [1.29, 1.82) is 0 Å². The van der Waals surface area contributed by atoms with Crippen LogP contribution in [0.2, 0.25) is 0 Å². The third-order valence-corrected chi connectivity index (χ3v) is 3.03. The van der Waals surface area contributed by atoms with Crippen LogP contribution < -0.4 is 0 Å². The average Bonchev–Trinajstić information content (AvgIpc) is 1.56. The maximum absolute atomic E-state index is 9.04. The fourth-order valence-electron chi connectivity index (χ4n) is 0.836. The van der Waals surface area contributed by atoms with Gasteiger partial charge in [0, 0.05) is 0 Å². The summed E-state index contributed by atoms with van der Waals surface area (Å²) in [4.78, 5) is 0. The molecule has 2 nitrogen and oxygen atoms in total. The third kappa shape index (κ3) is 3.70. The molecule has 0 aliphatic carbocycles. The Balaban J connectivity index is 4.43. The molecule has 0 heterocycles. The quantitative estimate of drug-likeness (QED) is 0.511. The standard InChI is InChI=1S/C6H12BClO2S/c1-5(2,3)4(11-8)6(7,9)10/h4,9-10H,1-3H3. The normalized spacial score (nSPS) is 16.5. The van der Waals surface area contributed by atoms with Crippen molar-refractivity contribution in [2.24, 2.45) is 5.41 Å². The molecule has 1 atom stereocenters. The Morgan fingerprint density at radius 2 is 1.73 bits per heavy atom. The summed E-state index contributed by atoms with van der Waals surface area (Å²) >= 11 is 0. The van der Waals surface area contributed by atoms with Gasteiger partial charge in [-0.3, -0.25) is 0 Å². The molecule has 0 spiro atoms. The van der Waals surface area contributed by atoms with Crippen molar-refractivity contribution >= 4 is 29.5 Å². The summed E-state index contributed by atoms with van der Waals surface area (Å²) in [6.45, 7) is 5.50. The number of halogens is 1. The molecule has 2 N–H and O–H groups in total. The Morgan fingerprint density at radius 3 is 1.73 bits per heavy atom. The molecular weight excluding hydrogens is 182 g/mol. The van der Waals surface area contributed by atoms with Crippen molar-refractivity contribution in [1.82, 2.24) is 0 Å². The maximum Gasteiger partial charge on any atom is 0.155 e. The molecule has 0 aromatic carbocycles. The highest BCUT2D eigenvalue weighted by Crippen LogP contribution is 2.37. The van der Waals surface area contributed by atoms with Crippen LogP contribution >= 0.6 is 21.7 Å². The first-order valence-electron chi connectivity index (χ1n) is 3.20. The van der Waals surface area contributed by atoms with E-state index in [0.29, 0.717) is 0 Å². The van der Waals surface area contributed by atoms with E-state index in [1.165, 1.54) is 0 Å². The minimum atomic E-state index is -2.22. The Bertz CT molecular complexity index is 116. The second-order valence-electron chi connectivity index (χ2n) is 3.62. The van der Waals surface area contributed by atoms with Crippen LogP contribution in [0.3, 0.4) is 0 Å². The van der Waals surface area contributed by atoms with Crippen molar-refractivity contribution in [2.75, 3.05) is 0 Å². The molecule has 0 rings (SSSR count). The van der Waals surface area contributed by atoms with Gasteiger partial charge in [-0.25, -0.2) is 0 Å². The van der Waals surface area contributed by atoms with Gasteiger partial charge in [-0.15, -0.1) is 0 Å². The van der Waals surface area contributed by atoms with Gasteiger partial charge in [0.15, 0.2) is 7.85 Å². The minimum Gasteiger partial charge on any atom is -0.374 e. The van der Waals surface area contributed by atoms with Gasteiger partial charge in [-0.1, -0.05) is 20.8 Å². The summed E-state index contributed by atoms with van der Waals surface area (Å²) < 4.78 is 0. The maximum atomic E-state index is 9.04. The highest BCUT2D eigenvalue weighted by molar-refractivity contribution is 8.21. The van der Waals surface area contributed by atoms with E-state index < -0.39 is 10.9 Å². The second-order valence-corrected chi connectivity index (χ2v) is 4.80. The van der Waals surface area contributed by atoms with E-state index in [9.17, 15) is 0 Å². The second kappa shape index (κ2) is 3.56. The van der Waals surface area contributed by atoms with Crippen molar-refractivity contribution < 1.29 is 10.2 Å². The highest BCUT2D eigenvalue weighted by Gasteiger charge is 2.38. The topological polar surface area (TPSA) is 40.5 Å². The zero-order valence-corrected chi connectivity index (χ0v) is 8.41. The molecule has 5 heteroatoms. The Morgan fingerprint density at radius 1 is 1.36 bits per heavy atom. The summed E-state index contributed by atoms with van der Waals surface area (Å²) in [5.74, 6) is 0. The lowest BCUT2D eigenvalue weighted by molar-refractivity contribution is -0.101. The van der Waals surface area contributed by atoms with Gasteiger partial charge in [0.05, 0.1) is 5.25 Å². The summed E-state index contributed by atoms with van der Waals surface area (Å²) in [5, 5.41) is 17.5. The summed E-state index contributed by atoms with van der Waals surface area (Å²) in [6.07, 6.45) is 0. The zero-order valence-electron chi connectivity index (χ0n) is 6.84. The molecular formula is C6H12BClO2S. The van der Waals surface area contributed by atoms with Crippen LogP contribution in [0.4, 0.5) is 0 Å². The van der Waals surface area contributed by atoms with Crippen LogP contribution in [-0.2, 0) is 0 Å². The van der Waals surface area contributed by atoms with Crippen LogP contribution in [0.1, 0.15) is 20.8 Å². The molecule has 0 bridgehead atoms. The van der Waals surface area contributed by atoms with E-state index in [-0.39, 0.29) is 5.41 Å². The molecule has 2 radical (unpaired) electrons. The Labute approximate surface area is 77.2 Å². The fourth-order valence-corrected chi connectivity index (χ4v) is 2.43. The van der Waals surface area contributed by atoms with E-state index in [0.717, 1.165) is 11.0 Å². The molecule has 0 amide bonds. The lowest BCUT2D eigenvalue weighted by Gasteiger charge is -2.36. The molecule has 0 saturated heterocycles. The molecule has 0 aromatic heterocycles. The smallest absolute Gasteiger partial charge is 0.155 e. The van der Waals surface area contributed by atoms with Crippen LogP contribution in [-0.4, -0.2) is 29.0 Å². The molecule has 0 aromatic rings. The Kier molecular flexibility index (Phi) is 3.76. The summed E-state index contributed by atoms with van der Waals surface area (Å²) in [5.41, 5.74) is -2.56. The van der Waals surface area contributed by atoms with Crippen molar-refractivity contribution in [3.8, 4) is 0 Å². The number of rotatable bonds is 2. The predicted octanol–water partition coefficient (Wildman–Crippen LogP) is 1.09. The number of hydrogen-bond donors (Lipinski definition) is 2. The van der Waals surface area contributed by atoms with Gasteiger partial charge in [0.25, 0.3) is 0 Å². The predicted molar refractivity (Wildman–Crippen MR) is 49.6 cm³/mol. The Hall–Kier alpha value is 0.625. The molecule has 64 valence electrons. The van der Waals surface area contributed by atoms with Gasteiger partial charge in [0.2, 0.25) is 0 Å². The van der Waals surface area contributed by atoms with Gasteiger partial charge >= 0.3 is 0 Å². The van der Waals surface area contributed by atoms with Crippen LogP contribution in [0.25, 0.3) is 0 Å². The van der Waals surface area contributed by atoms with E-state index in [1.54, 1.807) is 0 Å². The van der Waals surface area contributed by atoms with E-state index in [1.807, 2.05) is 20.8 Å². The van der Waals surface area contributed by atoms with E-state index in [4.69, 9.17) is 28.7 Å². The number of hydrogen-bond acceptors (Lipinski definition) is 3. The first-order valence-corrected chi connectivity index (χ1v) is 4.91. The first kappa shape index (κ1) is 11.6. The van der Waals surface area contributed by atoms with Gasteiger partial charge in [-0.05, 0) is 27.1 Å². The SMILES string of the molecule is [B]C(O)(O)C(SCl)C(C)(C)C. The third-order valence-electron chi connectivity index (χ3n) is 1.26. The first-order chi connectivity index (χ1) is 4.69. The lowest BCUT2D eigenvalue weighted by atomic mass is 9.78. The minimum absolute atomic E-state index is 0.343. The molecule has 0 fully saturated rings. The van der Waals surface area contributed by atoms with Crippen LogP contribution in [0.5, 0.6) is 0 Å². The number of aliphatic hydroxyl groups is 2.